The molecule has 4 fully saturated rings. The molecule has 0 unspecified atom stereocenters. The van der Waals surface area contributed by atoms with E-state index in [0.29, 0.717) is 16.8 Å². The molecule has 0 spiro atoms. The zero-order valence-corrected chi connectivity index (χ0v) is 72.5. The summed E-state index contributed by atoms with van der Waals surface area (Å²) in [5, 5.41) is 50.9. The Morgan fingerprint density at radius 2 is 0.703 bits per heavy atom. The van der Waals surface area contributed by atoms with Gasteiger partial charge >= 0.3 is 6.18 Å². The smallest absolute Gasteiger partial charge is 0.395 e. The van der Waals surface area contributed by atoms with E-state index in [9.17, 15) is 47.7 Å². The number of hydrogen-bond acceptors (Lipinski definition) is 15. The lowest BCUT2D eigenvalue weighted by Gasteiger charge is -2.22. The van der Waals surface area contributed by atoms with Crippen LogP contribution in [0.2, 0.25) is 5.02 Å². The molecule has 656 valence electrons. The van der Waals surface area contributed by atoms with E-state index in [1.807, 2.05) is 183 Å². The van der Waals surface area contributed by atoms with Crippen LogP contribution in [-0.4, -0.2) is 189 Å². The van der Waals surface area contributed by atoms with Crippen molar-refractivity contribution >= 4 is 55.2 Å². The Kier molecular flexibility index (Phi) is 26.5. The maximum atomic E-state index is 12.9. The fourth-order valence-corrected chi connectivity index (χ4v) is 17.9. The zero-order valence-electron chi connectivity index (χ0n) is 71.8. The largest absolute Gasteiger partial charge is 0.416 e. The second-order valence-electron chi connectivity index (χ2n) is 33.8. The molecule has 20 rings (SSSR count). The number of β-amino-alcohol motifs (C(OH)–C–C–N with tert-alkyl or cyclic N) is 2. The summed E-state index contributed by atoms with van der Waals surface area (Å²) >= 11 is 6.09. The van der Waals surface area contributed by atoms with Gasteiger partial charge in [-0.05, 0) is 227 Å². The summed E-state index contributed by atoms with van der Waals surface area (Å²) in [6, 6.07) is 65.7. The highest BCUT2D eigenvalue weighted by Crippen LogP contribution is 2.36. The highest BCUT2D eigenvalue weighted by Gasteiger charge is 2.32. The molecule has 27 heteroatoms. The summed E-state index contributed by atoms with van der Waals surface area (Å²) in [6.07, 6.45) is 16.0. The quantitative estimate of drug-likeness (QED) is 0.0607. The third-order valence-corrected chi connectivity index (χ3v) is 25.3. The van der Waals surface area contributed by atoms with E-state index in [-0.39, 0.29) is 52.1 Å². The van der Waals surface area contributed by atoms with Gasteiger partial charge in [0.15, 0.2) is 0 Å². The number of rotatable bonds is 21. The summed E-state index contributed by atoms with van der Waals surface area (Å²) < 4.78 is 53.2. The first-order valence-corrected chi connectivity index (χ1v) is 44.1. The molecule has 0 aliphatic carbocycles. The van der Waals surface area contributed by atoms with E-state index < -0.39 is 11.7 Å². The molecule has 0 radical (unpaired) electrons. The Balaban J connectivity index is 0.000000120. The molecule has 128 heavy (non-hydrogen) atoms. The molecule has 3 N–H and O–H groups in total. The van der Waals surface area contributed by atoms with Crippen LogP contribution in [0.1, 0.15) is 60.8 Å². The first kappa shape index (κ1) is 87.3. The van der Waals surface area contributed by atoms with Gasteiger partial charge in [0.1, 0.15) is 0 Å². The second kappa shape index (κ2) is 38.8. The summed E-state index contributed by atoms with van der Waals surface area (Å²) in [5.41, 5.74) is 16.3. The Morgan fingerprint density at radius 1 is 0.359 bits per heavy atom. The van der Waals surface area contributed by atoms with Crippen molar-refractivity contribution < 1.29 is 28.5 Å². The Labute approximate surface area is 742 Å². The lowest BCUT2D eigenvalue weighted by Crippen LogP contribution is -2.34. The van der Waals surface area contributed by atoms with Crippen LogP contribution in [0, 0.1) is 20.8 Å². The van der Waals surface area contributed by atoms with E-state index in [4.69, 9.17) is 11.6 Å². The van der Waals surface area contributed by atoms with Crippen LogP contribution >= 0.6 is 11.6 Å². The van der Waals surface area contributed by atoms with E-state index >= 15 is 0 Å². The minimum Gasteiger partial charge on any atom is -0.395 e. The molecule has 0 saturated carbocycles. The molecule has 0 amide bonds. The lowest BCUT2D eigenvalue weighted by atomic mass is 10.0. The van der Waals surface area contributed by atoms with Gasteiger partial charge in [0.05, 0.1) is 97.4 Å². The van der Waals surface area contributed by atoms with Crippen LogP contribution in [-0.2, 0) is 32.4 Å². The first-order chi connectivity index (χ1) is 62.0. The topological polar surface area (TPSA) is 233 Å². The van der Waals surface area contributed by atoms with Crippen molar-refractivity contribution in [1.29, 1.82) is 0 Å². The molecule has 4 aliphatic rings. The SMILES string of the molecule is Cc1ccc(-c2ccn(-c3ccc4c(cnn4CCN4CCC[C@@H]4CO)c3)c(=O)c2)cc1.Cc1ccc(-c2ccn(-c3ccc4c(cnn4CCN4CC[C@@H](O)C4)c3)c(=O)c2)cc1.Cc1ccc(-c2ccn(-c3ccc4c(cnn4CCN4CC[C@H](O)C4)c3)c(=O)c2)cc1.O=c1cc(-c2ccc(C(F)(F)F)cc2Cl)ccn1-c1ccc2c(cnn2CCN2CCCC2)c1. The Bertz CT molecular complexity index is 6690. The highest BCUT2D eigenvalue weighted by atomic mass is 35.5. The van der Waals surface area contributed by atoms with Gasteiger partial charge in [-0.3, -0.25) is 70.9 Å². The van der Waals surface area contributed by atoms with Crippen LogP contribution in [0.5, 0.6) is 0 Å². The number of aromatic nitrogens is 12. The van der Waals surface area contributed by atoms with Gasteiger partial charge in [0.2, 0.25) is 0 Å². The monoisotopic (exact) mass is 1740 g/mol. The zero-order chi connectivity index (χ0) is 88.7. The number of halogens is 4. The lowest BCUT2D eigenvalue weighted by molar-refractivity contribution is -0.137. The fraction of sp³-hybridized carbons (Fsp3) is 0.287. The number of aliphatic hydroxyl groups is 3. The van der Waals surface area contributed by atoms with Gasteiger partial charge in [0.25, 0.3) is 22.2 Å². The van der Waals surface area contributed by atoms with Crippen molar-refractivity contribution in [2.24, 2.45) is 0 Å². The number of aryl methyl sites for hydroxylation is 3. The fourth-order valence-electron chi connectivity index (χ4n) is 17.6. The predicted octanol–water partition coefficient (Wildman–Crippen LogP) is 15.7. The Hall–Kier alpha value is -12.8. The Morgan fingerprint density at radius 3 is 1.03 bits per heavy atom. The molecule has 3 atom stereocenters. The van der Waals surface area contributed by atoms with Crippen molar-refractivity contribution in [3.8, 4) is 67.3 Å². The number of aliphatic hydroxyl groups excluding tert-OH is 3. The van der Waals surface area contributed by atoms with Gasteiger partial charge in [-0.25, -0.2) is 0 Å². The molecule has 12 heterocycles. The van der Waals surface area contributed by atoms with E-state index in [0.717, 1.165) is 230 Å². The third-order valence-electron chi connectivity index (χ3n) is 24.9. The molecule has 8 aromatic carbocycles. The maximum absolute atomic E-state index is 12.9. The van der Waals surface area contributed by atoms with Gasteiger partial charge in [-0.2, -0.15) is 33.6 Å². The summed E-state index contributed by atoms with van der Waals surface area (Å²) in [7, 11) is 0. The normalized spacial score (nSPS) is 16.3. The predicted molar refractivity (Wildman–Crippen MR) is 499 cm³/mol. The van der Waals surface area contributed by atoms with Gasteiger partial charge in [-0.15, -0.1) is 0 Å². The van der Waals surface area contributed by atoms with Gasteiger partial charge in [0, 0.05) is 162 Å². The summed E-state index contributed by atoms with van der Waals surface area (Å²) in [6.45, 7) is 19.8. The number of pyridine rings is 4. The van der Waals surface area contributed by atoms with Crippen LogP contribution in [0.4, 0.5) is 13.2 Å². The molecule has 23 nitrogen and oxygen atoms in total. The first-order valence-electron chi connectivity index (χ1n) is 43.8. The van der Waals surface area contributed by atoms with Crippen molar-refractivity contribution in [3.63, 3.8) is 0 Å². The average Bonchev–Trinajstić information content (AvgIpc) is 1.40. The third kappa shape index (κ3) is 20.3. The molecule has 4 saturated heterocycles. The second-order valence-corrected chi connectivity index (χ2v) is 34.2. The van der Waals surface area contributed by atoms with Crippen molar-refractivity contribution in [1.82, 2.24) is 77.0 Å². The highest BCUT2D eigenvalue weighted by molar-refractivity contribution is 6.33. The maximum Gasteiger partial charge on any atom is 0.416 e. The molecular formula is C101H102ClF3N16O7. The number of fused-ring (bicyclic) bond motifs is 4. The number of alkyl halides is 3. The number of hydrogen-bond donors (Lipinski definition) is 3. The van der Waals surface area contributed by atoms with E-state index in [1.165, 1.54) is 46.2 Å². The summed E-state index contributed by atoms with van der Waals surface area (Å²) in [5.74, 6) is 0. The van der Waals surface area contributed by atoms with E-state index in [2.05, 4.69) is 97.2 Å². The molecular weight excluding hydrogens is 1640 g/mol. The van der Waals surface area contributed by atoms with Crippen LogP contribution in [0.25, 0.3) is 111 Å². The van der Waals surface area contributed by atoms with Crippen LogP contribution in [0.3, 0.4) is 0 Å². The molecule has 16 aromatic rings. The number of nitrogens with zero attached hydrogens (tertiary/aromatic N) is 16. The minimum absolute atomic E-state index is 0.0566. The van der Waals surface area contributed by atoms with Gasteiger partial charge < -0.3 is 20.2 Å². The summed E-state index contributed by atoms with van der Waals surface area (Å²) in [4.78, 5) is 60.6. The van der Waals surface area contributed by atoms with Crippen molar-refractivity contribution in [3.05, 3.63) is 331 Å². The van der Waals surface area contributed by atoms with Crippen molar-refractivity contribution in [2.75, 3.05) is 78.6 Å². The van der Waals surface area contributed by atoms with Crippen molar-refractivity contribution in [2.45, 2.75) is 110 Å². The van der Waals surface area contributed by atoms with E-state index in [1.54, 1.807) is 50.4 Å². The molecule has 8 aromatic heterocycles. The number of likely N-dealkylation sites (tertiary alicyclic amines) is 4. The van der Waals surface area contributed by atoms with Crippen LogP contribution < -0.4 is 22.2 Å². The number of benzene rings is 8. The average molecular weight is 1740 g/mol. The molecule has 4 aliphatic heterocycles. The van der Waals surface area contributed by atoms with Crippen LogP contribution in [0.15, 0.2) is 281 Å². The standard InChI is InChI=1S/C26H28N4O2.C25H22ClF3N4O.2C25H26N4O2/c1-19-4-6-20(7-5-19)21-10-12-29(26(32)16-21)23-8-9-25-22(15-23)17-27-30(25)14-13-28-11-2-3-24(28)18-31;26-22-15-19(25(27,28)29)3-5-21(22)17-7-10-32(24(34)14-17)20-4-6-23-18(13-20)16-30-33(23)12-11-31-8-1-2-9-31;2*1-18-2-4-19(5-3-18)20-8-11-28(25(31)15-20)22-6-7-24-21(14-22)16-26-29(24)13-12-27-10-9-23(30)17-27/h4-10,12,15-17,24,31H,2-3,11,13-14,18H2,1H3;3-7,10,13-16H,1-2,8-9,11-12H2;2*2-8,11,14-16,23,30H,9-10,12-13,17H2,1H3/t24-;;2*23-/m1.10/s1. The molecule has 0 bridgehead atoms. The minimum atomic E-state index is -4.48. The van der Waals surface area contributed by atoms with Gasteiger partial charge in [-0.1, -0.05) is 107 Å².